The number of hydrogen-bond acceptors (Lipinski definition) is 4. The summed E-state index contributed by atoms with van der Waals surface area (Å²) in [4.78, 5) is 2.43. The van der Waals surface area contributed by atoms with Crippen LogP contribution < -0.4 is 0 Å². The van der Waals surface area contributed by atoms with Crippen molar-refractivity contribution in [3.8, 4) is 5.75 Å². The van der Waals surface area contributed by atoms with Gasteiger partial charge in [0.25, 0.3) is 0 Å². The van der Waals surface area contributed by atoms with Gasteiger partial charge in [-0.3, -0.25) is 0 Å². The first-order valence-electron chi connectivity index (χ1n) is 10.7. The Morgan fingerprint density at radius 3 is 2.10 bits per heavy atom. The molecule has 1 aliphatic heterocycles. The second-order valence-electron chi connectivity index (χ2n) is 8.59. The topological polar surface area (TPSA) is 57.6 Å². The first-order valence-corrected chi connectivity index (χ1v) is 12.2. The van der Waals surface area contributed by atoms with Gasteiger partial charge in [-0.25, -0.2) is 8.42 Å². The van der Waals surface area contributed by atoms with E-state index in [9.17, 15) is 13.5 Å². The Kier molecular flexibility index (Phi) is 5.91. The molecule has 5 heteroatoms. The second-order valence-corrected chi connectivity index (χ2v) is 10.5. The fourth-order valence-corrected chi connectivity index (χ4v) is 5.69. The second kappa shape index (κ2) is 8.48. The maximum atomic E-state index is 13.3. The molecular formula is C26H29NO3S. The van der Waals surface area contributed by atoms with Gasteiger partial charge in [-0.15, -0.1) is 0 Å². The molecule has 3 aromatic rings. The van der Waals surface area contributed by atoms with Crippen LogP contribution in [0.3, 0.4) is 0 Å². The maximum Gasteiger partial charge on any atom is 0.210 e. The molecular weight excluding hydrogens is 406 g/mol. The van der Waals surface area contributed by atoms with Gasteiger partial charge in [-0.1, -0.05) is 30.3 Å². The molecule has 1 N–H and O–H groups in total. The average molecular weight is 436 g/mol. The zero-order chi connectivity index (χ0) is 22.2. The minimum Gasteiger partial charge on any atom is -0.507 e. The summed E-state index contributed by atoms with van der Waals surface area (Å²) in [5.41, 5.74) is 6.84. The van der Waals surface area contributed by atoms with Crippen LogP contribution in [0.15, 0.2) is 64.4 Å². The molecule has 0 saturated heterocycles. The highest BCUT2D eigenvalue weighted by Gasteiger charge is 2.24. The molecule has 0 radical (unpaired) electrons. The summed E-state index contributed by atoms with van der Waals surface area (Å²) in [6.45, 7) is 5.98. The van der Waals surface area contributed by atoms with Crippen LogP contribution in [0, 0.1) is 13.8 Å². The molecule has 31 heavy (non-hydrogen) atoms. The highest BCUT2D eigenvalue weighted by Crippen LogP contribution is 2.33. The lowest BCUT2D eigenvalue weighted by atomic mass is 9.96. The van der Waals surface area contributed by atoms with Crippen LogP contribution in [0.2, 0.25) is 0 Å². The van der Waals surface area contributed by atoms with Gasteiger partial charge in [-0.05, 0) is 97.8 Å². The van der Waals surface area contributed by atoms with Crippen molar-refractivity contribution >= 4 is 9.84 Å². The van der Waals surface area contributed by atoms with Crippen molar-refractivity contribution in [3.63, 3.8) is 0 Å². The van der Waals surface area contributed by atoms with E-state index in [-0.39, 0.29) is 15.5 Å². The summed E-state index contributed by atoms with van der Waals surface area (Å²) in [6, 6.07) is 16.6. The number of phenolic OH excluding ortho intramolecular Hbond substituents is 1. The number of fused-ring (bicyclic) bond motifs is 1. The summed E-state index contributed by atoms with van der Waals surface area (Å²) >= 11 is 0. The molecule has 1 aliphatic rings. The molecule has 0 unspecified atom stereocenters. The predicted octanol–water partition coefficient (Wildman–Crippen LogP) is 4.46. The molecule has 1 heterocycles. The number of hydrogen-bond donors (Lipinski definition) is 1. The highest BCUT2D eigenvalue weighted by molar-refractivity contribution is 7.91. The molecule has 162 valence electrons. The molecule has 3 aromatic carbocycles. The van der Waals surface area contributed by atoms with Gasteiger partial charge in [0.05, 0.1) is 4.90 Å². The van der Waals surface area contributed by atoms with Crippen LogP contribution in [-0.2, 0) is 29.1 Å². The molecule has 0 fully saturated rings. The molecule has 4 rings (SSSR count). The van der Waals surface area contributed by atoms with Gasteiger partial charge in [-0.2, -0.15) is 0 Å². The minimum absolute atomic E-state index is 0.00157. The first kappa shape index (κ1) is 21.6. The fraction of sp³-hybridized carbons (Fsp3) is 0.308. The van der Waals surface area contributed by atoms with Crippen molar-refractivity contribution in [2.75, 3.05) is 20.1 Å². The molecule has 0 aliphatic carbocycles. The summed E-state index contributed by atoms with van der Waals surface area (Å²) in [5.74, 6) is -0.164. The van der Waals surface area contributed by atoms with Gasteiger partial charge < -0.3 is 10.0 Å². The third kappa shape index (κ3) is 4.39. The van der Waals surface area contributed by atoms with E-state index in [2.05, 4.69) is 44.0 Å². The molecule has 4 nitrogen and oxygen atoms in total. The van der Waals surface area contributed by atoms with Crippen LogP contribution in [0.25, 0.3) is 0 Å². The van der Waals surface area contributed by atoms with E-state index in [1.54, 1.807) is 24.3 Å². The average Bonchev–Trinajstić information content (AvgIpc) is 2.92. The smallest absolute Gasteiger partial charge is 0.210 e. The van der Waals surface area contributed by atoms with E-state index in [0.29, 0.717) is 0 Å². The summed E-state index contributed by atoms with van der Waals surface area (Å²) in [7, 11) is -1.74. The minimum atomic E-state index is -3.80. The SMILES string of the molecule is Cc1cccc(C)c1Cc1ccc(S(=O)(=O)c2cc3c(cc2O)CCN(C)CC3)cc1. The van der Waals surface area contributed by atoms with Gasteiger partial charge in [0.15, 0.2) is 0 Å². The lowest BCUT2D eigenvalue weighted by Gasteiger charge is -2.13. The zero-order valence-electron chi connectivity index (χ0n) is 18.4. The van der Waals surface area contributed by atoms with Crippen molar-refractivity contribution in [2.24, 2.45) is 0 Å². The predicted molar refractivity (Wildman–Crippen MR) is 124 cm³/mol. The maximum absolute atomic E-state index is 13.3. The van der Waals surface area contributed by atoms with Gasteiger partial charge in [0.1, 0.15) is 10.6 Å². The zero-order valence-corrected chi connectivity index (χ0v) is 19.2. The Morgan fingerprint density at radius 2 is 1.48 bits per heavy atom. The number of phenols is 1. The number of nitrogens with zero attached hydrogens (tertiary/aromatic N) is 1. The Balaban J connectivity index is 1.64. The van der Waals surface area contributed by atoms with E-state index < -0.39 is 9.84 Å². The number of aryl methyl sites for hydroxylation is 2. The van der Waals surface area contributed by atoms with Gasteiger partial charge in [0.2, 0.25) is 9.84 Å². The number of benzene rings is 3. The molecule has 0 amide bonds. The quantitative estimate of drug-likeness (QED) is 0.657. The summed E-state index contributed by atoms with van der Waals surface area (Å²) < 4.78 is 26.6. The Morgan fingerprint density at radius 1 is 0.903 bits per heavy atom. The van der Waals surface area contributed by atoms with Crippen LogP contribution in [0.4, 0.5) is 0 Å². The molecule has 0 bridgehead atoms. The van der Waals surface area contributed by atoms with Crippen molar-refractivity contribution in [1.82, 2.24) is 4.90 Å². The largest absolute Gasteiger partial charge is 0.507 e. The van der Waals surface area contributed by atoms with Crippen LogP contribution in [-0.4, -0.2) is 38.6 Å². The Labute approximate surface area is 185 Å². The number of likely N-dealkylation sites (N-methyl/N-ethyl adjacent to an activating group) is 1. The van der Waals surface area contributed by atoms with Crippen molar-refractivity contribution < 1.29 is 13.5 Å². The van der Waals surface area contributed by atoms with E-state index >= 15 is 0 Å². The van der Waals surface area contributed by atoms with E-state index in [1.165, 1.54) is 16.7 Å². The van der Waals surface area contributed by atoms with E-state index in [4.69, 9.17) is 0 Å². The van der Waals surface area contributed by atoms with Gasteiger partial charge in [0, 0.05) is 13.1 Å². The third-order valence-corrected chi connectivity index (χ3v) is 8.15. The first-order chi connectivity index (χ1) is 14.8. The van der Waals surface area contributed by atoms with Crippen LogP contribution in [0.1, 0.15) is 33.4 Å². The normalized spacial score (nSPS) is 14.8. The van der Waals surface area contributed by atoms with E-state index in [1.807, 2.05) is 12.1 Å². The van der Waals surface area contributed by atoms with E-state index in [0.717, 1.165) is 49.0 Å². The number of aromatic hydroxyl groups is 1. The molecule has 0 aromatic heterocycles. The fourth-order valence-electron chi connectivity index (χ4n) is 4.31. The Hall–Kier alpha value is -2.63. The summed E-state index contributed by atoms with van der Waals surface area (Å²) in [5, 5.41) is 10.5. The number of sulfone groups is 1. The number of rotatable bonds is 4. The van der Waals surface area contributed by atoms with Crippen molar-refractivity contribution in [3.05, 3.63) is 88.0 Å². The monoisotopic (exact) mass is 435 g/mol. The molecule has 0 atom stereocenters. The van der Waals surface area contributed by atoms with Crippen molar-refractivity contribution in [2.45, 2.75) is 42.9 Å². The lowest BCUT2D eigenvalue weighted by molar-refractivity contribution is 0.352. The van der Waals surface area contributed by atoms with Gasteiger partial charge >= 0.3 is 0 Å². The standard InChI is InChI=1S/C26H29NO3S/c1-18-5-4-6-19(2)24(18)15-20-7-9-23(10-8-20)31(29,30)26-17-22-12-14-27(3)13-11-21(22)16-25(26)28/h4-10,16-17,28H,11-15H2,1-3H3. The highest BCUT2D eigenvalue weighted by atomic mass is 32.2. The lowest BCUT2D eigenvalue weighted by Crippen LogP contribution is -2.20. The molecule has 0 spiro atoms. The Bertz CT molecular complexity index is 1190. The van der Waals surface area contributed by atoms with Crippen molar-refractivity contribution in [1.29, 1.82) is 0 Å². The van der Waals surface area contributed by atoms with Crippen LogP contribution >= 0.6 is 0 Å². The van der Waals surface area contributed by atoms with Crippen LogP contribution in [0.5, 0.6) is 5.75 Å². The third-order valence-electron chi connectivity index (χ3n) is 6.36. The summed E-state index contributed by atoms with van der Waals surface area (Å²) in [6.07, 6.45) is 2.35. The molecule has 0 saturated carbocycles.